The molecule has 0 bridgehead atoms. The molecule has 4 aromatic rings. The second kappa shape index (κ2) is 15.1. The Bertz CT molecular complexity index is 1640. The lowest BCUT2D eigenvalue weighted by Gasteiger charge is -2.14. The number of halogens is 2. The fraction of sp³-hybridized carbons (Fsp3) is 0.121. The number of carbonyl (C=O) groups excluding carboxylic acids is 3. The fourth-order valence-corrected chi connectivity index (χ4v) is 5.02. The highest BCUT2D eigenvalue weighted by Crippen LogP contribution is 2.29. The van der Waals surface area contributed by atoms with Gasteiger partial charge in [0.15, 0.2) is 0 Å². The first-order valence-electron chi connectivity index (χ1n) is 13.3. The van der Waals surface area contributed by atoms with Crippen molar-refractivity contribution in [2.75, 3.05) is 24.9 Å². The molecule has 4 rings (SSSR count). The van der Waals surface area contributed by atoms with E-state index in [2.05, 4.69) is 16.0 Å². The molecule has 226 valence electrons. The summed E-state index contributed by atoms with van der Waals surface area (Å²) in [4.78, 5) is 39.8. The maximum Gasteiger partial charge on any atom is 0.272 e. The van der Waals surface area contributed by atoms with E-state index in [1.807, 2.05) is 0 Å². The van der Waals surface area contributed by atoms with E-state index < -0.39 is 22.9 Å². The smallest absolute Gasteiger partial charge is 0.272 e. The molecule has 1 atom stereocenters. The van der Waals surface area contributed by atoms with Gasteiger partial charge in [-0.15, -0.1) is 11.8 Å². The van der Waals surface area contributed by atoms with Gasteiger partial charge < -0.3 is 25.4 Å². The van der Waals surface area contributed by atoms with Crippen LogP contribution < -0.4 is 25.4 Å². The maximum absolute atomic E-state index is 14.5. The van der Waals surface area contributed by atoms with E-state index in [1.165, 1.54) is 50.3 Å². The number of benzene rings is 4. The van der Waals surface area contributed by atoms with Gasteiger partial charge in [0.05, 0.1) is 24.5 Å². The van der Waals surface area contributed by atoms with Gasteiger partial charge in [-0.05, 0) is 61.5 Å². The lowest BCUT2D eigenvalue weighted by Crippen LogP contribution is -2.30. The second-order valence-corrected chi connectivity index (χ2v) is 11.2. The van der Waals surface area contributed by atoms with Crippen molar-refractivity contribution in [3.05, 3.63) is 119 Å². The number of rotatable bonds is 11. The number of hydrogen-bond acceptors (Lipinski definition) is 6. The van der Waals surface area contributed by atoms with Crippen molar-refractivity contribution in [1.29, 1.82) is 0 Å². The molecule has 0 heterocycles. The summed E-state index contributed by atoms with van der Waals surface area (Å²) in [7, 11) is 3.06. The Hall–Kier alpha value is -4.80. The molecule has 44 heavy (non-hydrogen) atoms. The van der Waals surface area contributed by atoms with E-state index in [0.29, 0.717) is 28.4 Å². The van der Waals surface area contributed by atoms with Crippen LogP contribution in [0, 0.1) is 5.82 Å². The van der Waals surface area contributed by atoms with Crippen molar-refractivity contribution in [3.63, 3.8) is 0 Å². The first-order chi connectivity index (χ1) is 21.2. The molecule has 0 aromatic heterocycles. The van der Waals surface area contributed by atoms with Gasteiger partial charge in [-0.3, -0.25) is 14.4 Å². The monoisotopic (exact) mass is 633 g/mol. The fourth-order valence-electron chi connectivity index (χ4n) is 3.93. The van der Waals surface area contributed by atoms with Crippen molar-refractivity contribution in [2.45, 2.75) is 17.1 Å². The number of nitrogens with one attached hydrogen (secondary N) is 3. The Balaban J connectivity index is 1.45. The normalized spacial score (nSPS) is 11.7. The number of anilines is 2. The molecule has 1 unspecified atom stereocenters. The molecular formula is C33H29ClFN3O5S. The van der Waals surface area contributed by atoms with Gasteiger partial charge in [0.25, 0.3) is 11.8 Å². The average molecular weight is 634 g/mol. The van der Waals surface area contributed by atoms with Crippen molar-refractivity contribution < 1.29 is 28.2 Å². The third-order valence-electron chi connectivity index (χ3n) is 6.23. The summed E-state index contributed by atoms with van der Waals surface area (Å²) in [6, 6.07) is 24.3. The lowest BCUT2D eigenvalue weighted by atomic mass is 10.1. The molecule has 0 aliphatic carbocycles. The summed E-state index contributed by atoms with van der Waals surface area (Å²) in [6.45, 7) is 1.77. The van der Waals surface area contributed by atoms with Gasteiger partial charge in [0.2, 0.25) is 5.91 Å². The summed E-state index contributed by atoms with van der Waals surface area (Å²) in [5, 5.41) is 7.76. The highest BCUT2D eigenvalue weighted by atomic mass is 35.5. The molecule has 4 aromatic carbocycles. The van der Waals surface area contributed by atoms with Gasteiger partial charge in [-0.25, -0.2) is 4.39 Å². The zero-order valence-electron chi connectivity index (χ0n) is 24.0. The maximum atomic E-state index is 14.5. The Labute approximate surface area is 263 Å². The number of amides is 3. The third kappa shape index (κ3) is 8.62. The molecule has 11 heteroatoms. The molecular weight excluding hydrogens is 605 g/mol. The van der Waals surface area contributed by atoms with Gasteiger partial charge in [-0.2, -0.15) is 0 Å². The van der Waals surface area contributed by atoms with Crippen molar-refractivity contribution >= 4 is 58.5 Å². The van der Waals surface area contributed by atoms with Crippen LogP contribution in [0.1, 0.15) is 22.8 Å². The molecule has 0 saturated carbocycles. The Morgan fingerprint density at radius 3 is 2.11 bits per heavy atom. The molecule has 0 spiro atoms. The van der Waals surface area contributed by atoms with E-state index in [0.717, 1.165) is 4.90 Å². The van der Waals surface area contributed by atoms with Crippen LogP contribution in [0.25, 0.3) is 6.08 Å². The molecule has 0 saturated heterocycles. The second-order valence-electron chi connectivity index (χ2n) is 9.34. The zero-order valence-corrected chi connectivity index (χ0v) is 25.6. The Kier molecular flexibility index (Phi) is 11.0. The predicted octanol–water partition coefficient (Wildman–Crippen LogP) is 7.03. The van der Waals surface area contributed by atoms with Crippen LogP contribution in [0.2, 0.25) is 5.02 Å². The standard InChI is InChI=1S/C33H29ClFN3O5S/c1-20(31(39)37-23-16-24(42-2)18-25(17-23)43-3)44-26-14-12-22(13-15-26)36-33(41)30(19-27-28(34)10-7-11-29(27)35)38-32(40)21-8-5-4-6-9-21/h4-20H,1-3H3,(H,36,41)(H,37,39)(H,38,40)/b30-19-. The number of methoxy groups -OCH3 is 2. The molecule has 3 N–H and O–H groups in total. The number of hydrogen-bond donors (Lipinski definition) is 3. The van der Waals surface area contributed by atoms with E-state index >= 15 is 0 Å². The minimum absolute atomic E-state index is 0.0425. The molecule has 0 aliphatic rings. The van der Waals surface area contributed by atoms with Crippen molar-refractivity contribution in [2.24, 2.45) is 0 Å². The predicted molar refractivity (Wildman–Crippen MR) is 172 cm³/mol. The number of ether oxygens (including phenoxy) is 2. The molecule has 0 radical (unpaired) electrons. The molecule has 0 aliphatic heterocycles. The van der Waals surface area contributed by atoms with Crippen LogP contribution in [0.3, 0.4) is 0 Å². The van der Waals surface area contributed by atoms with Gasteiger partial charge in [0.1, 0.15) is 23.0 Å². The first-order valence-corrected chi connectivity index (χ1v) is 14.6. The van der Waals surface area contributed by atoms with E-state index in [4.69, 9.17) is 21.1 Å². The largest absolute Gasteiger partial charge is 0.497 e. The molecule has 3 amide bonds. The van der Waals surface area contributed by atoms with Crippen molar-refractivity contribution in [1.82, 2.24) is 5.32 Å². The summed E-state index contributed by atoms with van der Waals surface area (Å²) >= 11 is 7.50. The van der Waals surface area contributed by atoms with Gasteiger partial charge in [0, 0.05) is 45.6 Å². The number of carbonyl (C=O) groups is 3. The van der Waals surface area contributed by atoms with Crippen LogP contribution in [-0.2, 0) is 9.59 Å². The summed E-state index contributed by atoms with van der Waals surface area (Å²) < 4.78 is 25.1. The summed E-state index contributed by atoms with van der Waals surface area (Å²) in [5.41, 5.74) is 1.02. The van der Waals surface area contributed by atoms with Crippen LogP contribution >= 0.6 is 23.4 Å². The van der Waals surface area contributed by atoms with Crippen LogP contribution in [-0.4, -0.2) is 37.2 Å². The van der Waals surface area contributed by atoms with Gasteiger partial charge in [-0.1, -0.05) is 35.9 Å². The Morgan fingerprint density at radius 2 is 1.50 bits per heavy atom. The summed E-state index contributed by atoms with van der Waals surface area (Å²) in [5.74, 6) is -1.01. The highest BCUT2D eigenvalue weighted by molar-refractivity contribution is 8.00. The Morgan fingerprint density at radius 1 is 0.841 bits per heavy atom. The number of thioether (sulfide) groups is 1. The minimum Gasteiger partial charge on any atom is -0.497 e. The van der Waals surface area contributed by atoms with Crippen LogP contribution in [0.15, 0.2) is 102 Å². The van der Waals surface area contributed by atoms with Crippen molar-refractivity contribution in [3.8, 4) is 11.5 Å². The van der Waals surface area contributed by atoms with Crippen LogP contribution in [0.4, 0.5) is 15.8 Å². The third-order valence-corrected chi connectivity index (χ3v) is 7.67. The lowest BCUT2D eigenvalue weighted by molar-refractivity contribution is -0.115. The quantitative estimate of drug-likeness (QED) is 0.121. The van der Waals surface area contributed by atoms with E-state index in [9.17, 15) is 18.8 Å². The minimum atomic E-state index is -0.685. The first kappa shape index (κ1) is 32.1. The molecule has 8 nitrogen and oxygen atoms in total. The zero-order chi connectivity index (χ0) is 31.6. The van der Waals surface area contributed by atoms with E-state index in [-0.39, 0.29) is 22.2 Å². The average Bonchev–Trinajstić information content (AvgIpc) is 3.03. The highest BCUT2D eigenvalue weighted by Gasteiger charge is 2.18. The molecule has 0 fully saturated rings. The van der Waals surface area contributed by atoms with Gasteiger partial charge >= 0.3 is 0 Å². The topological polar surface area (TPSA) is 106 Å². The van der Waals surface area contributed by atoms with E-state index in [1.54, 1.807) is 79.7 Å². The SMILES string of the molecule is COc1cc(NC(=O)C(C)Sc2ccc(NC(=O)/C(=C/c3c(F)cccc3Cl)NC(=O)c3ccccc3)cc2)cc(OC)c1. The van der Waals surface area contributed by atoms with Crippen LogP contribution in [0.5, 0.6) is 11.5 Å². The summed E-state index contributed by atoms with van der Waals surface area (Å²) in [6.07, 6.45) is 1.19.